The number of halogens is 2. The molecule has 35 heavy (non-hydrogen) atoms. The SMILES string of the molecule is CCc1nn(-c2c(Cl)cccc2Cl)c(=O)c2cnc(Nc3ccc4c(c3)CN(C)CC43CC3)nc12. The first-order valence-electron chi connectivity index (χ1n) is 11.7. The van der Waals surface area contributed by atoms with Crippen molar-refractivity contribution in [1.82, 2.24) is 24.6 Å². The molecule has 0 saturated heterocycles. The zero-order valence-electron chi connectivity index (χ0n) is 19.5. The molecule has 1 spiro atoms. The van der Waals surface area contributed by atoms with E-state index in [9.17, 15) is 4.79 Å². The van der Waals surface area contributed by atoms with Gasteiger partial charge in [0.25, 0.3) is 5.56 Å². The summed E-state index contributed by atoms with van der Waals surface area (Å²) in [6.07, 6.45) is 4.63. The lowest BCUT2D eigenvalue weighted by atomic mass is 9.87. The van der Waals surface area contributed by atoms with Gasteiger partial charge in [0.2, 0.25) is 5.95 Å². The quantitative estimate of drug-likeness (QED) is 0.406. The van der Waals surface area contributed by atoms with Crippen LogP contribution in [-0.4, -0.2) is 38.2 Å². The van der Waals surface area contributed by atoms with Crippen molar-refractivity contribution in [2.75, 3.05) is 18.9 Å². The van der Waals surface area contributed by atoms with Gasteiger partial charge in [0, 0.05) is 30.4 Å². The molecule has 1 fully saturated rings. The molecule has 0 atom stereocenters. The smallest absolute Gasteiger partial charge is 0.282 e. The van der Waals surface area contributed by atoms with Gasteiger partial charge < -0.3 is 10.2 Å². The maximum atomic E-state index is 13.3. The molecule has 3 heterocycles. The third-order valence-electron chi connectivity index (χ3n) is 6.99. The van der Waals surface area contributed by atoms with Gasteiger partial charge in [-0.15, -0.1) is 0 Å². The number of rotatable bonds is 4. The molecular formula is C26H24Cl2N6O. The fraction of sp³-hybridized carbons (Fsp3) is 0.308. The molecule has 178 valence electrons. The van der Waals surface area contributed by atoms with Crippen LogP contribution in [-0.2, 0) is 18.4 Å². The summed E-state index contributed by atoms with van der Waals surface area (Å²) >= 11 is 12.7. The Bertz CT molecular complexity index is 1530. The fourth-order valence-electron chi connectivity index (χ4n) is 5.20. The van der Waals surface area contributed by atoms with E-state index in [2.05, 4.69) is 50.5 Å². The van der Waals surface area contributed by atoms with Gasteiger partial charge in [-0.25, -0.2) is 9.97 Å². The van der Waals surface area contributed by atoms with Crippen LogP contribution in [0.4, 0.5) is 11.6 Å². The van der Waals surface area contributed by atoms with E-state index < -0.39 is 0 Å². The van der Waals surface area contributed by atoms with E-state index in [1.165, 1.54) is 28.7 Å². The normalized spacial score (nSPS) is 16.5. The second-order valence-electron chi connectivity index (χ2n) is 9.49. The topological polar surface area (TPSA) is 75.9 Å². The number of anilines is 2. The highest BCUT2D eigenvalue weighted by Gasteiger charge is 2.48. The summed E-state index contributed by atoms with van der Waals surface area (Å²) in [5.41, 5.74) is 5.24. The van der Waals surface area contributed by atoms with Crippen molar-refractivity contribution in [1.29, 1.82) is 0 Å². The van der Waals surface area contributed by atoms with E-state index >= 15 is 0 Å². The third kappa shape index (κ3) is 3.78. The van der Waals surface area contributed by atoms with E-state index in [0.717, 1.165) is 18.8 Å². The molecule has 9 heteroatoms. The lowest BCUT2D eigenvalue weighted by Crippen LogP contribution is -2.35. The van der Waals surface area contributed by atoms with Gasteiger partial charge in [0.05, 0.1) is 21.1 Å². The molecule has 7 nitrogen and oxygen atoms in total. The third-order valence-corrected chi connectivity index (χ3v) is 7.60. The first kappa shape index (κ1) is 22.5. The van der Waals surface area contributed by atoms with E-state index in [0.29, 0.717) is 50.1 Å². The molecule has 0 bridgehead atoms. The number of hydrogen-bond acceptors (Lipinski definition) is 6. The molecule has 2 aromatic heterocycles. The number of nitrogens with one attached hydrogen (secondary N) is 1. The van der Waals surface area contributed by atoms with Crippen molar-refractivity contribution in [3.8, 4) is 5.69 Å². The zero-order chi connectivity index (χ0) is 24.3. The maximum Gasteiger partial charge on any atom is 0.282 e. The highest BCUT2D eigenvalue weighted by atomic mass is 35.5. The Morgan fingerprint density at radius 1 is 1.14 bits per heavy atom. The monoisotopic (exact) mass is 506 g/mol. The summed E-state index contributed by atoms with van der Waals surface area (Å²) in [5.74, 6) is 0.423. The summed E-state index contributed by atoms with van der Waals surface area (Å²) in [4.78, 5) is 24.8. The average Bonchev–Trinajstić information content (AvgIpc) is 3.59. The summed E-state index contributed by atoms with van der Waals surface area (Å²) in [7, 11) is 2.18. The Hall–Kier alpha value is -3.00. The summed E-state index contributed by atoms with van der Waals surface area (Å²) < 4.78 is 1.25. The van der Waals surface area contributed by atoms with Crippen LogP contribution in [0.5, 0.6) is 0 Å². The van der Waals surface area contributed by atoms with Crippen LogP contribution in [0.2, 0.25) is 10.0 Å². The van der Waals surface area contributed by atoms with Crippen LogP contribution in [0.3, 0.4) is 0 Å². The standard InChI is InChI=1S/C26H24Cl2N6O/c1-3-21-22-17(24(35)34(32-21)23-19(27)5-4-6-20(23)28)12-29-25(31-22)30-16-7-8-18-15(11-16)13-33(2)14-26(18)9-10-26/h4-8,11-12H,3,9-10,13-14H2,1-2H3,(H,29,30,31). The van der Waals surface area contributed by atoms with Crippen molar-refractivity contribution >= 4 is 45.7 Å². The number of benzene rings is 2. The Labute approximate surface area is 212 Å². The van der Waals surface area contributed by atoms with Crippen LogP contribution in [0.15, 0.2) is 47.4 Å². The van der Waals surface area contributed by atoms with Crippen molar-refractivity contribution in [3.05, 3.63) is 79.8 Å². The molecule has 1 N–H and O–H groups in total. The number of aryl methyl sites for hydroxylation is 1. The van der Waals surface area contributed by atoms with Gasteiger partial charge in [0.15, 0.2) is 0 Å². The number of aromatic nitrogens is 4. The molecule has 2 aromatic carbocycles. The molecule has 0 amide bonds. The molecule has 0 unspecified atom stereocenters. The first-order valence-corrected chi connectivity index (χ1v) is 12.5. The van der Waals surface area contributed by atoms with Crippen molar-refractivity contribution in [3.63, 3.8) is 0 Å². The van der Waals surface area contributed by atoms with Crippen LogP contribution < -0.4 is 10.9 Å². The Morgan fingerprint density at radius 2 is 1.91 bits per heavy atom. The molecule has 1 saturated carbocycles. The fourth-order valence-corrected chi connectivity index (χ4v) is 5.76. The number of fused-ring (bicyclic) bond motifs is 3. The van der Waals surface area contributed by atoms with Gasteiger partial charge in [-0.1, -0.05) is 42.3 Å². The van der Waals surface area contributed by atoms with Crippen molar-refractivity contribution < 1.29 is 0 Å². The molecule has 6 rings (SSSR count). The minimum absolute atomic E-state index is 0.340. The van der Waals surface area contributed by atoms with E-state index in [-0.39, 0.29) is 5.56 Å². The largest absolute Gasteiger partial charge is 0.324 e. The highest BCUT2D eigenvalue weighted by molar-refractivity contribution is 6.37. The van der Waals surface area contributed by atoms with Gasteiger partial charge in [-0.3, -0.25) is 4.79 Å². The zero-order valence-corrected chi connectivity index (χ0v) is 21.0. The number of nitrogens with zero attached hydrogens (tertiary/aromatic N) is 5. The first-order chi connectivity index (χ1) is 16.9. The predicted molar refractivity (Wildman–Crippen MR) is 139 cm³/mol. The lowest BCUT2D eigenvalue weighted by Gasteiger charge is -2.32. The summed E-state index contributed by atoms with van der Waals surface area (Å²) in [6, 6.07) is 11.6. The summed E-state index contributed by atoms with van der Waals surface area (Å²) in [6.45, 7) is 4.03. The van der Waals surface area contributed by atoms with Crippen molar-refractivity contribution in [2.24, 2.45) is 0 Å². The average molecular weight is 507 g/mol. The second kappa shape index (κ2) is 8.29. The molecular weight excluding hydrogens is 483 g/mol. The second-order valence-corrected chi connectivity index (χ2v) is 10.3. The Balaban J connectivity index is 1.39. The number of para-hydroxylation sites is 1. The lowest BCUT2D eigenvalue weighted by molar-refractivity contribution is 0.271. The van der Waals surface area contributed by atoms with Crippen LogP contribution in [0.1, 0.15) is 36.6 Å². The number of hydrogen-bond donors (Lipinski definition) is 1. The van der Waals surface area contributed by atoms with Gasteiger partial charge in [0.1, 0.15) is 11.2 Å². The van der Waals surface area contributed by atoms with Gasteiger partial charge >= 0.3 is 0 Å². The molecule has 0 radical (unpaired) electrons. The maximum absolute atomic E-state index is 13.3. The van der Waals surface area contributed by atoms with Crippen LogP contribution >= 0.6 is 23.2 Å². The van der Waals surface area contributed by atoms with E-state index in [1.54, 1.807) is 24.4 Å². The van der Waals surface area contributed by atoms with E-state index in [1.807, 2.05) is 6.92 Å². The summed E-state index contributed by atoms with van der Waals surface area (Å²) in [5, 5.41) is 8.94. The van der Waals surface area contributed by atoms with Gasteiger partial charge in [-0.05, 0) is 61.7 Å². The van der Waals surface area contributed by atoms with E-state index in [4.69, 9.17) is 23.2 Å². The highest BCUT2D eigenvalue weighted by Crippen LogP contribution is 2.52. The Morgan fingerprint density at radius 3 is 2.63 bits per heavy atom. The minimum atomic E-state index is -0.370. The van der Waals surface area contributed by atoms with Crippen LogP contribution in [0, 0.1) is 0 Å². The predicted octanol–water partition coefficient (Wildman–Crippen LogP) is 5.27. The van der Waals surface area contributed by atoms with Crippen LogP contribution in [0.25, 0.3) is 16.6 Å². The molecule has 4 aromatic rings. The number of likely N-dealkylation sites (N-methyl/N-ethyl adjacent to an activating group) is 1. The van der Waals surface area contributed by atoms with Gasteiger partial charge in [-0.2, -0.15) is 9.78 Å². The molecule has 1 aliphatic carbocycles. The molecule has 2 aliphatic rings. The Kier molecular flexibility index (Phi) is 5.32. The minimum Gasteiger partial charge on any atom is -0.324 e. The molecule has 1 aliphatic heterocycles. The van der Waals surface area contributed by atoms with Crippen molar-refractivity contribution in [2.45, 2.75) is 38.1 Å².